The number of carboxylic acids is 1. The molecule has 0 aliphatic carbocycles. The lowest BCUT2D eigenvalue weighted by atomic mass is 10.0. The van der Waals surface area contributed by atoms with E-state index in [1.54, 1.807) is 0 Å². The molecule has 0 aromatic carbocycles. The summed E-state index contributed by atoms with van der Waals surface area (Å²) in [7, 11) is 0. The predicted octanol–water partition coefficient (Wildman–Crippen LogP) is -1.23. The van der Waals surface area contributed by atoms with Gasteiger partial charge >= 0.3 is 5.97 Å². The molecule has 0 fully saturated rings. The minimum absolute atomic E-state index is 0.170. The highest BCUT2D eigenvalue weighted by Gasteiger charge is 2.29. The molecule has 0 rings (SSSR count). The highest BCUT2D eigenvalue weighted by molar-refractivity contribution is 7.98. The van der Waals surface area contributed by atoms with Crippen molar-refractivity contribution in [1.29, 1.82) is 0 Å². The molecular formula is C20H39N5O6S. The number of amides is 3. The monoisotopic (exact) mass is 477 g/mol. The molecule has 0 aliphatic heterocycles. The number of aliphatic carboxylic acids is 1. The fourth-order valence-corrected chi connectivity index (χ4v) is 3.36. The molecule has 0 heterocycles. The molecule has 0 radical (unpaired) electrons. The van der Waals surface area contributed by atoms with Gasteiger partial charge in [0.05, 0.1) is 12.6 Å². The van der Waals surface area contributed by atoms with E-state index < -0.39 is 54.5 Å². The second kappa shape index (κ2) is 16.7. The van der Waals surface area contributed by atoms with Crippen LogP contribution >= 0.6 is 11.8 Å². The van der Waals surface area contributed by atoms with Gasteiger partial charge in [-0.15, -0.1) is 0 Å². The van der Waals surface area contributed by atoms with Gasteiger partial charge in [-0.25, -0.2) is 4.79 Å². The zero-order chi connectivity index (χ0) is 24.7. The summed E-state index contributed by atoms with van der Waals surface area (Å²) in [5.41, 5.74) is 11.2. The molecule has 0 saturated heterocycles. The Balaban J connectivity index is 5.16. The number of carboxylic acid groups (broad SMARTS) is 1. The molecule has 12 heteroatoms. The molecule has 0 bridgehead atoms. The number of rotatable bonds is 17. The Kier molecular flexibility index (Phi) is 15.7. The number of unbranched alkanes of at least 4 members (excludes halogenated alkanes) is 1. The first-order valence-electron chi connectivity index (χ1n) is 10.8. The maximum atomic E-state index is 12.7. The van der Waals surface area contributed by atoms with Crippen molar-refractivity contribution in [3.8, 4) is 0 Å². The summed E-state index contributed by atoms with van der Waals surface area (Å²) in [6.45, 7) is 3.54. The molecular weight excluding hydrogens is 438 g/mol. The topological polar surface area (TPSA) is 197 Å². The van der Waals surface area contributed by atoms with Gasteiger partial charge in [-0.05, 0) is 56.6 Å². The number of aliphatic hydroxyl groups excluding tert-OH is 1. The summed E-state index contributed by atoms with van der Waals surface area (Å²) < 4.78 is 0. The number of hydrogen-bond donors (Lipinski definition) is 7. The number of carbonyl (C=O) groups is 4. The number of aliphatic hydroxyl groups is 1. The molecule has 4 atom stereocenters. The van der Waals surface area contributed by atoms with Crippen molar-refractivity contribution in [2.24, 2.45) is 17.4 Å². The first-order chi connectivity index (χ1) is 15.1. The molecule has 11 nitrogen and oxygen atoms in total. The van der Waals surface area contributed by atoms with Gasteiger partial charge in [-0.3, -0.25) is 14.4 Å². The molecule has 0 aromatic rings. The van der Waals surface area contributed by atoms with Crippen LogP contribution in [0.5, 0.6) is 0 Å². The number of hydrogen-bond acceptors (Lipinski definition) is 8. The van der Waals surface area contributed by atoms with Crippen LogP contribution in [0.1, 0.15) is 46.0 Å². The Morgan fingerprint density at radius 3 is 1.97 bits per heavy atom. The minimum Gasteiger partial charge on any atom is -0.480 e. The summed E-state index contributed by atoms with van der Waals surface area (Å²) in [4.78, 5) is 49.0. The third-order valence-corrected chi connectivity index (χ3v) is 5.33. The summed E-state index contributed by atoms with van der Waals surface area (Å²) in [6.07, 6.45) is 3.85. The third-order valence-electron chi connectivity index (χ3n) is 4.68. The third kappa shape index (κ3) is 12.2. The standard InChI is InChI=1S/C20H39N5O6S/c1-12(2)10-13(22)17(27)25-16(11-26)19(29)23-14(7-9-32-3)18(28)24-15(20(30)31)6-4-5-8-21/h12-16,26H,4-11,21-22H2,1-3H3,(H,23,29)(H,24,28)(H,25,27)(H,30,31). The number of nitrogens with one attached hydrogen (secondary N) is 3. The molecule has 9 N–H and O–H groups in total. The van der Waals surface area contributed by atoms with E-state index in [-0.39, 0.29) is 18.8 Å². The van der Waals surface area contributed by atoms with E-state index in [0.717, 1.165) is 0 Å². The fraction of sp³-hybridized carbons (Fsp3) is 0.800. The molecule has 3 amide bonds. The van der Waals surface area contributed by atoms with E-state index >= 15 is 0 Å². The lowest BCUT2D eigenvalue weighted by molar-refractivity contribution is -0.142. The van der Waals surface area contributed by atoms with E-state index in [2.05, 4.69) is 16.0 Å². The van der Waals surface area contributed by atoms with E-state index in [4.69, 9.17) is 11.5 Å². The predicted molar refractivity (Wildman–Crippen MR) is 124 cm³/mol. The largest absolute Gasteiger partial charge is 0.480 e. The smallest absolute Gasteiger partial charge is 0.326 e. The van der Waals surface area contributed by atoms with Crippen molar-refractivity contribution in [2.45, 2.75) is 70.1 Å². The van der Waals surface area contributed by atoms with Crippen LogP contribution < -0.4 is 27.4 Å². The van der Waals surface area contributed by atoms with Crippen molar-refractivity contribution in [2.75, 3.05) is 25.2 Å². The lowest BCUT2D eigenvalue weighted by Crippen LogP contribution is -2.58. The Bertz CT molecular complexity index is 607. The number of carbonyl (C=O) groups excluding carboxylic acids is 3. The number of thioether (sulfide) groups is 1. The van der Waals surface area contributed by atoms with Crippen LogP contribution in [0.15, 0.2) is 0 Å². The van der Waals surface area contributed by atoms with Crippen LogP contribution in [-0.4, -0.2) is 83.2 Å². The first kappa shape index (κ1) is 30.1. The van der Waals surface area contributed by atoms with Gasteiger partial charge in [0.2, 0.25) is 17.7 Å². The number of nitrogens with two attached hydrogens (primary N) is 2. The van der Waals surface area contributed by atoms with Crippen LogP contribution in [-0.2, 0) is 19.2 Å². The second-order valence-corrected chi connectivity index (χ2v) is 8.99. The maximum absolute atomic E-state index is 12.7. The molecule has 4 unspecified atom stereocenters. The highest BCUT2D eigenvalue weighted by Crippen LogP contribution is 2.06. The fourth-order valence-electron chi connectivity index (χ4n) is 2.89. The normalized spacial score (nSPS) is 14.8. The highest BCUT2D eigenvalue weighted by atomic mass is 32.2. The average Bonchev–Trinajstić information content (AvgIpc) is 2.72. The Morgan fingerprint density at radius 1 is 0.906 bits per heavy atom. The van der Waals surface area contributed by atoms with Gasteiger partial charge in [-0.2, -0.15) is 11.8 Å². The maximum Gasteiger partial charge on any atom is 0.326 e. The molecule has 186 valence electrons. The Morgan fingerprint density at radius 2 is 1.47 bits per heavy atom. The van der Waals surface area contributed by atoms with Gasteiger partial charge < -0.3 is 37.6 Å². The molecule has 0 spiro atoms. The van der Waals surface area contributed by atoms with E-state index in [1.165, 1.54) is 11.8 Å². The van der Waals surface area contributed by atoms with Crippen molar-refractivity contribution in [3.05, 3.63) is 0 Å². The Hall–Kier alpha value is -1.89. The first-order valence-corrected chi connectivity index (χ1v) is 12.2. The zero-order valence-electron chi connectivity index (χ0n) is 19.1. The summed E-state index contributed by atoms with van der Waals surface area (Å²) in [6, 6.07) is -4.26. The van der Waals surface area contributed by atoms with Crippen molar-refractivity contribution in [1.82, 2.24) is 16.0 Å². The average molecular weight is 478 g/mol. The van der Waals surface area contributed by atoms with Gasteiger partial charge in [-0.1, -0.05) is 13.8 Å². The minimum atomic E-state index is -1.29. The van der Waals surface area contributed by atoms with Crippen molar-refractivity contribution < 1.29 is 29.4 Å². The van der Waals surface area contributed by atoms with Crippen LogP contribution in [0.25, 0.3) is 0 Å². The van der Waals surface area contributed by atoms with Crippen LogP contribution in [0.3, 0.4) is 0 Å². The molecule has 0 aromatic heterocycles. The summed E-state index contributed by atoms with van der Waals surface area (Å²) in [5, 5.41) is 26.3. The molecule has 0 saturated carbocycles. The van der Waals surface area contributed by atoms with E-state index in [1.807, 2.05) is 20.1 Å². The SMILES string of the molecule is CSCCC(NC(=O)C(CO)NC(=O)C(N)CC(C)C)C(=O)NC(CCCCN)C(=O)O. The summed E-state index contributed by atoms with van der Waals surface area (Å²) in [5.74, 6) is -2.46. The van der Waals surface area contributed by atoms with Gasteiger partial charge in [0.15, 0.2) is 0 Å². The Labute approximate surface area is 193 Å². The second-order valence-electron chi connectivity index (χ2n) is 8.01. The van der Waals surface area contributed by atoms with Crippen molar-refractivity contribution in [3.63, 3.8) is 0 Å². The molecule has 0 aliphatic rings. The summed E-state index contributed by atoms with van der Waals surface area (Å²) >= 11 is 1.45. The van der Waals surface area contributed by atoms with Gasteiger partial charge in [0, 0.05) is 0 Å². The van der Waals surface area contributed by atoms with Gasteiger partial charge in [0.25, 0.3) is 0 Å². The van der Waals surface area contributed by atoms with Crippen LogP contribution in [0.4, 0.5) is 0 Å². The lowest BCUT2D eigenvalue weighted by Gasteiger charge is -2.24. The van der Waals surface area contributed by atoms with E-state index in [9.17, 15) is 29.4 Å². The van der Waals surface area contributed by atoms with Crippen LogP contribution in [0, 0.1) is 5.92 Å². The van der Waals surface area contributed by atoms with Gasteiger partial charge in [0.1, 0.15) is 18.1 Å². The quantitative estimate of drug-likeness (QED) is 0.125. The van der Waals surface area contributed by atoms with E-state index in [0.29, 0.717) is 31.6 Å². The van der Waals surface area contributed by atoms with Crippen molar-refractivity contribution >= 4 is 35.5 Å². The molecule has 32 heavy (non-hydrogen) atoms. The van der Waals surface area contributed by atoms with Crippen LogP contribution in [0.2, 0.25) is 0 Å². The zero-order valence-corrected chi connectivity index (χ0v) is 20.0.